The van der Waals surface area contributed by atoms with Crippen molar-refractivity contribution in [1.29, 1.82) is 0 Å². The normalized spacial score (nSPS) is 12.0. The summed E-state index contributed by atoms with van der Waals surface area (Å²) in [5, 5.41) is 3.57. The molecule has 0 radical (unpaired) electrons. The molecule has 5 nitrogen and oxygen atoms in total. The summed E-state index contributed by atoms with van der Waals surface area (Å²) in [6, 6.07) is 20.8. The maximum atomic E-state index is 12.7. The van der Waals surface area contributed by atoms with Gasteiger partial charge in [0.15, 0.2) is 0 Å². The fraction of sp³-hybridized carbons (Fsp3) is 0.231. The van der Waals surface area contributed by atoms with Crippen molar-refractivity contribution >= 4 is 28.5 Å². The lowest BCUT2D eigenvalue weighted by molar-refractivity contribution is 0.0937. The van der Waals surface area contributed by atoms with E-state index in [0.717, 1.165) is 28.2 Å². The highest BCUT2D eigenvalue weighted by atomic mass is 35.5. The van der Waals surface area contributed by atoms with Crippen LogP contribution in [0.5, 0.6) is 5.75 Å². The molecule has 0 aliphatic heterocycles. The van der Waals surface area contributed by atoms with Crippen LogP contribution >= 0.6 is 11.6 Å². The third kappa shape index (κ3) is 4.78. The number of para-hydroxylation sites is 2. The number of imidazole rings is 1. The lowest BCUT2D eigenvalue weighted by atomic mass is 10.1. The first-order chi connectivity index (χ1) is 15.4. The van der Waals surface area contributed by atoms with Gasteiger partial charge in [0.2, 0.25) is 0 Å². The summed E-state index contributed by atoms with van der Waals surface area (Å²) in [4.78, 5) is 17.5. The average molecular weight is 448 g/mol. The molecule has 0 fully saturated rings. The number of benzene rings is 3. The quantitative estimate of drug-likeness (QED) is 0.385. The summed E-state index contributed by atoms with van der Waals surface area (Å²) >= 11 is 6.04. The van der Waals surface area contributed by atoms with Crippen molar-refractivity contribution in [3.8, 4) is 5.75 Å². The predicted octanol–water partition coefficient (Wildman–Crippen LogP) is 5.88. The number of amides is 1. The van der Waals surface area contributed by atoms with Crippen LogP contribution in [-0.2, 0) is 6.54 Å². The van der Waals surface area contributed by atoms with Crippen LogP contribution in [0.15, 0.2) is 66.7 Å². The zero-order chi connectivity index (χ0) is 22.7. The van der Waals surface area contributed by atoms with Crippen LogP contribution in [0.2, 0.25) is 5.02 Å². The van der Waals surface area contributed by atoms with Crippen molar-refractivity contribution < 1.29 is 9.53 Å². The molecule has 0 aliphatic carbocycles. The molecule has 164 valence electrons. The number of fused-ring (bicyclic) bond motifs is 1. The Morgan fingerprint density at radius 1 is 1.09 bits per heavy atom. The van der Waals surface area contributed by atoms with E-state index in [-0.39, 0.29) is 11.9 Å². The van der Waals surface area contributed by atoms with Gasteiger partial charge in [-0.05, 0) is 62.7 Å². The second-order valence-corrected chi connectivity index (χ2v) is 8.37. The Hall–Kier alpha value is -3.31. The lowest BCUT2D eigenvalue weighted by Crippen LogP contribution is -2.29. The summed E-state index contributed by atoms with van der Waals surface area (Å²) in [5.74, 6) is 1.47. The van der Waals surface area contributed by atoms with E-state index in [9.17, 15) is 4.79 Å². The van der Waals surface area contributed by atoms with E-state index in [2.05, 4.69) is 22.9 Å². The number of carbonyl (C=O) groups excluding carboxylic acids is 1. The molecule has 0 saturated carbocycles. The second-order valence-electron chi connectivity index (χ2n) is 7.93. The molecule has 0 bridgehead atoms. The van der Waals surface area contributed by atoms with Gasteiger partial charge in [0.05, 0.1) is 23.6 Å². The lowest BCUT2D eigenvalue weighted by Gasteiger charge is -2.17. The Morgan fingerprint density at radius 3 is 2.69 bits per heavy atom. The van der Waals surface area contributed by atoms with Crippen molar-refractivity contribution in [1.82, 2.24) is 14.9 Å². The number of aryl methyl sites for hydroxylation is 2. The van der Waals surface area contributed by atoms with E-state index in [1.807, 2.05) is 50.2 Å². The van der Waals surface area contributed by atoms with E-state index < -0.39 is 0 Å². The van der Waals surface area contributed by atoms with Gasteiger partial charge in [-0.2, -0.15) is 0 Å². The first-order valence-corrected chi connectivity index (χ1v) is 11.0. The van der Waals surface area contributed by atoms with E-state index in [1.54, 1.807) is 24.3 Å². The molecule has 1 amide bonds. The van der Waals surface area contributed by atoms with Gasteiger partial charge in [0.1, 0.15) is 18.2 Å². The van der Waals surface area contributed by atoms with Gasteiger partial charge in [-0.1, -0.05) is 47.5 Å². The van der Waals surface area contributed by atoms with Crippen LogP contribution in [0.25, 0.3) is 11.0 Å². The van der Waals surface area contributed by atoms with E-state index >= 15 is 0 Å². The van der Waals surface area contributed by atoms with Crippen molar-refractivity contribution in [3.63, 3.8) is 0 Å². The van der Waals surface area contributed by atoms with Crippen molar-refractivity contribution in [2.24, 2.45) is 0 Å². The molecular weight excluding hydrogens is 422 g/mol. The number of halogens is 1. The number of carbonyl (C=O) groups is 1. The Kier molecular flexibility index (Phi) is 6.47. The van der Waals surface area contributed by atoms with E-state index in [1.165, 1.54) is 5.56 Å². The van der Waals surface area contributed by atoms with Gasteiger partial charge in [-0.25, -0.2) is 4.98 Å². The molecular formula is C26H26ClN3O2. The molecule has 32 heavy (non-hydrogen) atoms. The monoisotopic (exact) mass is 447 g/mol. The molecule has 6 heteroatoms. The summed E-state index contributed by atoms with van der Waals surface area (Å²) in [6.07, 6.45) is 0. The minimum atomic E-state index is -0.296. The zero-order valence-electron chi connectivity index (χ0n) is 18.4. The fourth-order valence-electron chi connectivity index (χ4n) is 3.84. The standard InChI is InChI=1S/C26H26ClN3O2/c1-17-11-12-24(18(2)15-17)32-14-13-30-23-10-5-4-9-22(23)29-25(30)19(3)28-26(31)20-7-6-8-21(27)16-20/h4-12,15-16,19H,13-14H2,1-3H3,(H,28,31). The minimum Gasteiger partial charge on any atom is -0.491 e. The first kappa shape index (κ1) is 21.9. The fourth-order valence-corrected chi connectivity index (χ4v) is 4.03. The van der Waals surface area contributed by atoms with Gasteiger partial charge in [0.25, 0.3) is 5.91 Å². The van der Waals surface area contributed by atoms with Crippen molar-refractivity contribution in [3.05, 3.63) is 94.3 Å². The highest BCUT2D eigenvalue weighted by Crippen LogP contribution is 2.23. The molecule has 1 N–H and O–H groups in total. The Morgan fingerprint density at radius 2 is 1.91 bits per heavy atom. The molecule has 3 aromatic carbocycles. The average Bonchev–Trinajstić information content (AvgIpc) is 3.14. The smallest absolute Gasteiger partial charge is 0.251 e. The summed E-state index contributed by atoms with van der Waals surface area (Å²) < 4.78 is 8.17. The maximum Gasteiger partial charge on any atom is 0.251 e. The molecule has 1 heterocycles. The summed E-state index contributed by atoms with van der Waals surface area (Å²) in [5.41, 5.74) is 4.74. The number of rotatable bonds is 7. The third-order valence-electron chi connectivity index (χ3n) is 5.41. The molecule has 4 rings (SSSR count). The van der Waals surface area contributed by atoms with Gasteiger partial charge in [-0.15, -0.1) is 0 Å². The van der Waals surface area contributed by atoms with Crippen molar-refractivity contribution in [2.75, 3.05) is 6.61 Å². The molecule has 0 aliphatic rings. The van der Waals surface area contributed by atoms with Crippen LogP contribution < -0.4 is 10.1 Å². The molecule has 4 aromatic rings. The van der Waals surface area contributed by atoms with Crippen molar-refractivity contribution in [2.45, 2.75) is 33.4 Å². The Bertz CT molecular complexity index is 1270. The first-order valence-electron chi connectivity index (χ1n) is 10.6. The predicted molar refractivity (Wildman–Crippen MR) is 128 cm³/mol. The van der Waals surface area contributed by atoms with Crippen LogP contribution in [-0.4, -0.2) is 22.1 Å². The number of ether oxygens (including phenoxy) is 1. The number of nitrogens with one attached hydrogen (secondary N) is 1. The Balaban J connectivity index is 1.54. The second kappa shape index (κ2) is 9.45. The molecule has 1 atom stereocenters. The number of nitrogens with zero attached hydrogens (tertiary/aromatic N) is 2. The van der Waals surface area contributed by atoms with Crippen LogP contribution in [0.1, 0.15) is 40.3 Å². The Labute approximate surface area is 193 Å². The zero-order valence-corrected chi connectivity index (χ0v) is 19.2. The molecule has 1 unspecified atom stereocenters. The number of aromatic nitrogens is 2. The van der Waals surface area contributed by atoms with Gasteiger partial charge >= 0.3 is 0 Å². The van der Waals surface area contributed by atoms with Crippen LogP contribution in [0.3, 0.4) is 0 Å². The minimum absolute atomic E-state index is 0.190. The summed E-state index contributed by atoms with van der Waals surface area (Å²) in [6.45, 7) is 7.16. The number of hydrogen-bond acceptors (Lipinski definition) is 3. The highest BCUT2D eigenvalue weighted by molar-refractivity contribution is 6.30. The highest BCUT2D eigenvalue weighted by Gasteiger charge is 2.19. The summed E-state index contributed by atoms with van der Waals surface area (Å²) in [7, 11) is 0. The van der Waals surface area contributed by atoms with Crippen LogP contribution in [0, 0.1) is 13.8 Å². The van der Waals surface area contributed by atoms with Gasteiger partial charge in [0, 0.05) is 10.6 Å². The SMILES string of the molecule is Cc1ccc(OCCn2c(C(C)NC(=O)c3cccc(Cl)c3)nc3ccccc32)c(C)c1. The van der Waals surface area contributed by atoms with Gasteiger partial charge in [-0.3, -0.25) is 4.79 Å². The topological polar surface area (TPSA) is 56.1 Å². The van der Waals surface area contributed by atoms with Gasteiger partial charge < -0.3 is 14.6 Å². The maximum absolute atomic E-state index is 12.7. The number of hydrogen-bond donors (Lipinski definition) is 1. The van der Waals surface area contributed by atoms with E-state index in [4.69, 9.17) is 21.3 Å². The third-order valence-corrected chi connectivity index (χ3v) is 5.64. The largest absolute Gasteiger partial charge is 0.491 e. The van der Waals surface area contributed by atoms with E-state index in [0.29, 0.717) is 23.7 Å². The van der Waals surface area contributed by atoms with Crippen LogP contribution in [0.4, 0.5) is 0 Å². The molecule has 0 saturated heterocycles. The molecule has 1 aromatic heterocycles. The molecule has 0 spiro atoms.